The van der Waals surface area contributed by atoms with Crippen molar-refractivity contribution in [3.8, 4) is 0 Å². The molecule has 0 aliphatic carbocycles. The highest BCUT2D eigenvalue weighted by Gasteiger charge is 2.23. The van der Waals surface area contributed by atoms with E-state index in [-0.39, 0.29) is 0 Å². The Morgan fingerprint density at radius 3 is 2.94 bits per heavy atom. The van der Waals surface area contributed by atoms with Crippen molar-refractivity contribution in [2.24, 2.45) is 0 Å². The number of nitrogens with one attached hydrogen (secondary N) is 2. The molecule has 0 radical (unpaired) electrons. The lowest BCUT2D eigenvalue weighted by molar-refractivity contribution is 0.252. The van der Waals surface area contributed by atoms with E-state index in [9.17, 15) is 0 Å². The van der Waals surface area contributed by atoms with E-state index in [1.807, 2.05) is 0 Å². The van der Waals surface area contributed by atoms with Gasteiger partial charge in [0.25, 0.3) is 0 Å². The number of likely N-dealkylation sites (N-methyl/N-ethyl adjacent to an activating group) is 1. The summed E-state index contributed by atoms with van der Waals surface area (Å²) in [5, 5.41) is 7.32. The molecule has 0 aromatic carbocycles. The predicted molar refractivity (Wildman–Crippen MR) is 73.4 cm³/mol. The van der Waals surface area contributed by atoms with Crippen LogP contribution in [0.25, 0.3) is 0 Å². The summed E-state index contributed by atoms with van der Waals surface area (Å²) in [5.41, 5.74) is 0. The molecule has 2 aliphatic rings. The Kier molecular flexibility index (Phi) is 5.26. The molecule has 3 nitrogen and oxygen atoms in total. The predicted octanol–water partition coefficient (Wildman–Crippen LogP) is 1.59. The molecule has 0 spiro atoms. The molecule has 2 heterocycles. The van der Waals surface area contributed by atoms with Crippen LogP contribution in [0.2, 0.25) is 0 Å². The molecule has 3 heteroatoms. The maximum absolute atomic E-state index is 3.73. The smallest absolute Gasteiger partial charge is 0.0221 e. The standard InChI is InChI=1S/C14H29N3/c1-3-17-9-5-7-14(17)11-16-12(2)10-13-6-4-8-15-13/h12-16H,3-11H2,1-2H3. The second kappa shape index (κ2) is 6.72. The molecule has 2 fully saturated rings. The minimum atomic E-state index is 0.657. The SMILES string of the molecule is CCN1CCCC1CNC(C)CC1CCCN1. The number of hydrogen-bond donors (Lipinski definition) is 2. The Hall–Kier alpha value is -0.120. The van der Waals surface area contributed by atoms with Crippen LogP contribution in [0, 0.1) is 0 Å². The van der Waals surface area contributed by atoms with E-state index in [4.69, 9.17) is 0 Å². The molecule has 0 amide bonds. The van der Waals surface area contributed by atoms with Crippen LogP contribution < -0.4 is 10.6 Å². The van der Waals surface area contributed by atoms with E-state index in [1.165, 1.54) is 58.3 Å². The topological polar surface area (TPSA) is 27.3 Å². The van der Waals surface area contributed by atoms with Gasteiger partial charge in [-0.2, -0.15) is 0 Å². The monoisotopic (exact) mass is 239 g/mol. The third kappa shape index (κ3) is 3.94. The van der Waals surface area contributed by atoms with Gasteiger partial charge in [-0.15, -0.1) is 0 Å². The zero-order valence-corrected chi connectivity index (χ0v) is 11.5. The third-order valence-electron chi connectivity index (χ3n) is 4.41. The zero-order chi connectivity index (χ0) is 12.1. The molecule has 0 saturated carbocycles. The quantitative estimate of drug-likeness (QED) is 0.737. The van der Waals surface area contributed by atoms with Crippen LogP contribution in [-0.4, -0.2) is 49.2 Å². The van der Waals surface area contributed by atoms with Crippen LogP contribution in [0.4, 0.5) is 0 Å². The van der Waals surface area contributed by atoms with Gasteiger partial charge in [-0.25, -0.2) is 0 Å². The van der Waals surface area contributed by atoms with Crippen molar-refractivity contribution >= 4 is 0 Å². The van der Waals surface area contributed by atoms with Gasteiger partial charge in [0, 0.05) is 24.7 Å². The molecule has 2 aliphatic heterocycles. The Bertz CT molecular complexity index is 214. The average Bonchev–Trinajstić information content (AvgIpc) is 2.96. The Morgan fingerprint density at radius 1 is 1.35 bits per heavy atom. The van der Waals surface area contributed by atoms with E-state index in [0.717, 1.165) is 12.1 Å². The number of hydrogen-bond acceptors (Lipinski definition) is 3. The molecule has 0 aromatic heterocycles. The highest BCUT2D eigenvalue weighted by atomic mass is 15.2. The number of rotatable bonds is 6. The molecule has 2 saturated heterocycles. The summed E-state index contributed by atoms with van der Waals surface area (Å²) in [6.45, 7) is 9.55. The van der Waals surface area contributed by atoms with Gasteiger partial charge in [-0.05, 0) is 58.7 Å². The highest BCUT2D eigenvalue weighted by molar-refractivity contribution is 4.83. The van der Waals surface area contributed by atoms with Crippen LogP contribution in [0.5, 0.6) is 0 Å². The molecular weight excluding hydrogens is 210 g/mol. The second-order valence-electron chi connectivity index (χ2n) is 5.76. The Balaban J connectivity index is 1.63. The molecule has 0 bridgehead atoms. The first-order valence-corrected chi connectivity index (χ1v) is 7.50. The Morgan fingerprint density at radius 2 is 2.24 bits per heavy atom. The van der Waals surface area contributed by atoms with Crippen LogP contribution in [0.15, 0.2) is 0 Å². The van der Waals surface area contributed by atoms with Crippen molar-refractivity contribution in [3.63, 3.8) is 0 Å². The van der Waals surface area contributed by atoms with Gasteiger partial charge in [0.2, 0.25) is 0 Å². The molecule has 3 atom stereocenters. The maximum Gasteiger partial charge on any atom is 0.0221 e. The van der Waals surface area contributed by atoms with Crippen molar-refractivity contribution in [3.05, 3.63) is 0 Å². The molecule has 17 heavy (non-hydrogen) atoms. The zero-order valence-electron chi connectivity index (χ0n) is 11.5. The third-order valence-corrected chi connectivity index (χ3v) is 4.41. The summed E-state index contributed by atoms with van der Waals surface area (Å²) in [6, 6.07) is 2.22. The van der Waals surface area contributed by atoms with E-state index in [2.05, 4.69) is 29.4 Å². The van der Waals surface area contributed by atoms with Gasteiger partial charge in [0.05, 0.1) is 0 Å². The van der Waals surface area contributed by atoms with Crippen molar-refractivity contribution < 1.29 is 0 Å². The Labute approximate surface area is 106 Å². The normalized spacial score (nSPS) is 32.1. The van der Waals surface area contributed by atoms with Crippen molar-refractivity contribution in [2.75, 3.05) is 26.2 Å². The maximum atomic E-state index is 3.73. The molecule has 0 aromatic rings. The van der Waals surface area contributed by atoms with Gasteiger partial charge in [-0.1, -0.05) is 6.92 Å². The minimum absolute atomic E-state index is 0.657. The summed E-state index contributed by atoms with van der Waals surface area (Å²) >= 11 is 0. The second-order valence-corrected chi connectivity index (χ2v) is 5.76. The van der Waals surface area contributed by atoms with Crippen LogP contribution in [0.1, 0.15) is 46.0 Å². The molecule has 2 rings (SSSR count). The highest BCUT2D eigenvalue weighted by Crippen LogP contribution is 2.16. The van der Waals surface area contributed by atoms with Crippen LogP contribution in [-0.2, 0) is 0 Å². The lowest BCUT2D eigenvalue weighted by Gasteiger charge is -2.26. The summed E-state index contributed by atoms with van der Waals surface area (Å²) in [7, 11) is 0. The molecule has 100 valence electrons. The van der Waals surface area contributed by atoms with E-state index < -0.39 is 0 Å². The lowest BCUT2D eigenvalue weighted by atomic mass is 10.1. The molecule has 3 unspecified atom stereocenters. The average molecular weight is 239 g/mol. The van der Waals surface area contributed by atoms with Crippen LogP contribution >= 0.6 is 0 Å². The van der Waals surface area contributed by atoms with Crippen molar-refractivity contribution in [1.29, 1.82) is 0 Å². The van der Waals surface area contributed by atoms with E-state index >= 15 is 0 Å². The van der Waals surface area contributed by atoms with Crippen molar-refractivity contribution in [2.45, 2.75) is 64.1 Å². The van der Waals surface area contributed by atoms with Crippen molar-refractivity contribution in [1.82, 2.24) is 15.5 Å². The first kappa shape index (κ1) is 13.3. The fraction of sp³-hybridized carbons (Fsp3) is 1.00. The molecule has 2 N–H and O–H groups in total. The van der Waals surface area contributed by atoms with E-state index in [1.54, 1.807) is 0 Å². The van der Waals surface area contributed by atoms with Gasteiger partial charge >= 0.3 is 0 Å². The first-order valence-electron chi connectivity index (χ1n) is 7.50. The number of nitrogens with zero attached hydrogens (tertiary/aromatic N) is 1. The van der Waals surface area contributed by atoms with Crippen LogP contribution in [0.3, 0.4) is 0 Å². The fourth-order valence-corrected chi connectivity index (χ4v) is 3.35. The summed E-state index contributed by atoms with van der Waals surface area (Å²) in [6.07, 6.45) is 6.80. The summed E-state index contributed by atoms with van der Waals surface area (Å²) < 4.78 is 0. The first-order chi connectivity index (χ1) is 8.29. The molecular formula is C14H29N3. The largest absolute Gasteiger partial charge is 0.314 e. The summed E-state index contributed by atoms with van der Waals surface area (Å²) in [5.74, 6) is 0. The van der Waals surface area contributed by atoms with Gasteiger partial charge in [0.15, 0.2) is 0 Å². The lowest BCUT2D eigenvalue weighted by Crippen LogP contribution is -2.42. The number of likely N-dealkylation sites (tertiary alicyclic amines) is 1. The van der Waals surface area contributed by atoms with Gasteiger partial charge in [-0.3, -0.25) is 4.90 Å². The summed E-state index contributed by atoms with van der Waals surface area (Å²) in [4.78, 5) is 2.62. The fourth-order valence-electron chi connectivity index (χ4n) is 3.35. The minimum Gasteiger partial charge on any atom is -0.314 e. The van der Waals surface area contributed by atoms with Gasteiger partial charge < -0.3 is 10.6 Å². The van der Waals surface area contributed by atoms with Gasteiger partial charge in [0.1, 0.15) is 0 Å². The van der Waals surface area contributed by atoms with E-state index in [0.29, 0.717) is 6.04 Å².